The second kappa shape index (κ2) is 10.5. The van der Waals surface area contributed by atoms with Crippen LogP contribution < -0.4 is 51.4 Å². The molecule has 0 aromatic heterocycles. The number of hydrogen-bond donors (Lipinski definition) is 2. The van der Waals surface area contributed by atoms with Crippen molar-refractivity contribution in [2.45, 2.75) is 12.8 Å². The van der Waals surface area contributed by atoms with Gasteiger partial charge in [0, 0.05) is 13.2 Å². The van der Waals surface area contributed by atoms with E-state index < -0.39 is 0 Å². The molecular formula is C4H11KO2. The van der Waals surface area contributed by atoms with E-state index in [0.717, 1.165) is 12.8 Å². The van der Waals surface area contributed by atoms with Crippen LogP contribution in [0.3, 0.4) is 0 Å². The first-order valence-corrected chi connectivity index (χ1v) is 2.13. The van der Waals surface area contributed by atoms with Crippen molar-refractivity contribution < 1.29 is 63.0 Å². The molecule has 0 saturated carbocycles. The fourth-order valence-corrected chi connectivity index (χ4v) is 0.224. The van der Waals surface area contributed by atoms with Crippen molar-refractivity contribution in [2.24, 2.45) is 0 Å². The molecular weight excluding hydrogens is 119 g/mol. The maximum absolute atomic E-state index is 8.09. The van der Waals surface area contributed by atoms with Crippen LogP contribution in [0.2, 0.25) is 0 Å². The van der Waals surface area contributed by atoms with Crippen LogP contribution in [0.4, 0.5) is 0 Å². The summed E-state index contributed by atoms with van der Waals surface area (Å²) in [6.07, 6.45) is 1.44. The average molecular weight is 130 g/mol. The van der Waals surface area contributed by atoms with Gasteiger partial charge < -0.3 is 11.6 Å². The monoisotopic (exact) mass is 130 g/mol. The summed E-state index contributed by atoms with van der Waals surface area (Å²) in [5, 5.41) is 16.2. The first-order valence-electron chi connectivity index (χ1n) is 2.13. The van der Waals surface area contributed by atoms with E-state index in [2.05, 4.69) is 0 Å². The van der Waals surface area contributed by atoms with Gasteiger partial charge in [-0.05, 0) is 12.8 Å². The van der Waals surface area contributed by atoms with E-state index in [-0.39, 0.29) is 66.0 Å². The molecule has 0 radical (unpaired) electrons. The molecule has 0 fully saturated rings. The molecule has 0 unspecified atom stereocenters. The topological polar surface area (TPSA) is 40.5 Å². The van der Waals surface area contributed by atoms with Gasteiger partial charge in [-0.2, -0.15) is 0 Å². The van der Waals surface area contributed by atoms with Gasteiger partial charge in [-0.3, -0.25) is 0 Å². The Bertz CT molecular complexity index is 26.0. The Morgan fingerprint density at radius 3 is 1.43 bits per heavy atom. The third-order valence-corrected chi connectivity index (χ3v) is 0.566. The standard InChI is InChI=1S/C4H10O2.K.H/c5-3-1-2-4-6;;/h5-6H,1-4H2;;/q;+1;-1. The van der Waals surface area contributed by atoms with Crippen LogP contribution in [-0.2, 0) is 0 Å². The van der Waals surface area contributed by atoms with Gasteiger partial charge in [-0.1, -0.05) is 0 Å². The van der Waals surface area contributed by atoms with Gasteiger partial charge in [-0.15, -0.1) is 0 Å². The average Bonchev–Trinajstić information content (AvgIpc) is 1.61. The molecule has 3 heteroatoms. The van der Waals surface area contributed by atoms with Gasteiger partial charge in [0.15, 0.2) is 0 Å². The molecule has 40 valence electrons. The van der Waals surface area contributed by atoms with Crippen molar-refractivity contribution in [1.29, 1.82) is 0 Å². The van der Waals surface area contributed by atoms with E-state index in [0.29, 0.717) is 0 Å². The van der Waals surface area contributed by atoms with Crippen molar-refractivity contribution in [2.75, 3.05) is 13.2 Å². The molecule has 0 aliphatic carbocycles. The fraction of sp³-hybridized carbons (Fsp3) is 1.00. The van der Waals surface area contributed by atoms with Crippen LogP contribution in [0.5, 0.6) is 0 Å². The van der Waals surface area contributed by atoms with Crippen molar-refractivity contribution in [3.63, 3.8) is 0 Å². The largest absolute Gasteiger partial charge is 1.00 e. The van der Waals surface area contributed by atoms with Gasteiger partial charge in [-0.25, -0.2) is 0 Å². The zero-order valence-corrected chi connectivity index (χ0v) is 7.85. The molecule has 0 bridgehead atoms. The van der Waals surface area contributed by atoms with E-state index in [1.54, 1.807) is 0 Å². The second-order valence-electron chi connectivity index (χ2n) is 1.15. The summed E-state index contributed by atoms with van der Waals surface area (Å²) < 4.78 is 0. The summed E-state index contributed by atoms with van der Waals surface area (Å²) in [7, 11) is 0. The Kier molecular flexibility index (Phi) is 17.1. The summed E-state index contributed by atoms with van der Waals surface area (Å²) in [4.78, 5) is 0. The molecule has 0 aromatic rings. The Balaban J connectivity index is -0.000000125. The SMILES string of the molecule is OCCCCO.[H-].[K+]. The zero-order chi connectivity index (χ0) is 4.83. The Morgan fingerprint density at radius 2 is 1.29 bits per heavy atom. The Hall–Kier alpha value is 1.56. The first kappa shape index (κ1) is 11.4. The van der Waals surface area contributed by atoms with Gasteiger partial charge >= 0.3 is 51.4 Å². The van der Waals surface area contributed by atoms with Gasteiger partial charge in [0.05, 0.1) is 0 Å². The van der Waals surface area contributed by atoms with Crippen LogP contribution in [0.1, 0.15) is 14.3 Å². The molecule has 0 rings (SSSR count). The fourth-order valence-electron chi connectivity index (χ4n) is 0.224. The third-order valence-electron chi connectivity index (χ3n) is 0.566. The van der Waals surface area contributed by atoms with Gasteiger partial charge in [0.2, 0.25) is 0 Å². The minimum Gasteiger partial charge on any atom is -1.00 e. The van der Waals surface area contributed by atoms with E-state index in [9.17, 15) is 0 Å². The molecule has 0 saturated heterocycles. The normalized spacial score (nSPS) is 7.71. The molecule has 0 aromatic carbocycles. The zero-order valence-electron chi connectivity index (χ0n) is 5.72. The first-order chi connectivity index (χ1) is 2.91. The van der Waals surface area contributed by atoms with Gasteiger partial charge in [0.25, 0.3) is 0 Å². The molecule has 0 atom stereocenters. The molecule has 0 heterocycles. The molecule has 2 N–H and O–H groups in total. The summed E-state index contributed by atoms with van der Waals surface area (Å²) >= 11 is 0. The smallest absolute Gasteiger partial charge is 1.00 e. The van der Waals surface area contributed by atoms with Crippen LogP contribution in [0, 0.1) is 0 Å². The number of aliphatic hydroxyl groups excluding tert-OH is 2. The Morgan fingerprint density at radius 1 is 1.00 bits per heavy atom. The van der Waals surface area contributed by atoms with E-state index in [1.165, 1.54) is 0 Å². The number of unbranched alkanes of at least 4 members (excludes halogenated alkanes) is 1. The van der Waals surface area contributed by atoms with Crippen molar-refractivity contribution in [3.05, 3.63) is 0 Å². The molecule has 0 spiro atoms. The number of rotatable bonds is 3. The number of hydrogen-bond acceptors (Lipinski definition) is 2. The van der Waals surface area contributed by atoms with E-state index >= 15 is 0 Å². The molecule has 2 nitrogen and oxygen atoms in total. The van der Waals surface area contributed by atoms with E-state index in [4.69, 9.17) is 10.2 Å². The van der Waals surface area contributed by atoms with E-state index in [1.807, 2.05) is 0 Å². The van der Waals surface area contributed by atoms with Crippen LogP contribution in [-0.4, -0.2) is 23.4 Å². The Labute approximate surface area is 87.8 Å². The van der Waals surface area contributed by atoms with Crippen molar-refractivity contribution >= 4 is 0 Å². The summed E-state index contributed by atoms with van der Waals surface area (Å²) in [6, 6.07) is 0. The quantitative estimate of drug-likeness (QED) is 0.313. The molecule has 0 aliphatic heterocycles. The third kappa shape index (κ3) is 11.2. The second-order valence-corrected chi connectivity index (χ2v) is 1.15. The predicted octanol–water partition coefficient (Wildman–Crippen LogP) is -3.13. The van der Waals surface area contributed by atoms with Crippen LogP contribution in [0.15, 0.2) is 0 Å². The van der Waals surface area contributed by atoms with Gasteiger partial charge in [0.1, 0.15) is 0 Å². The summed E-state index contributed by atoms with van der Waals surface area (Å²) in [6.45, 7) is 0.390. The number of aliphatic hydroxyl groups is 2. The van der Waals surface area contributed by atoms with Crippen LogP contribution >= 0.6 is 0 Å². The van der Waals surface area contributed by atoms with Crippen molar-refractivity contribution in [3.8, 4) is 0 Å². The minimum absolute atomic E-state index is 0. The molecule has 0 amide bonds. The summed E-state index contributed by atoms with van der Waals surface area (Å²) in [5.74, 6) is 0. The maximum Gasteiger partial charge on any atom is 1.00 e. The molecule has 0 aliphatic rings. The minimum atomic E-state index is 0. The molecule has 7 heavy (non-hydrogen) atoms. The predicted molar refractivity (Wildman–Crippen MR) is 24.5 cm³/mol. The van der Waals surface area contributed by atoms with Crippen LogP contribution in [0.25, 0.3) is 0 Å². The summed E-state index contributed by atoms with van der Waals surface area (Å²) in [5.41, 5.74) is 0. The van der Waals surface area contributed by atoms with Crippen molar-refractivity contribution in [1.82, 2.24) is 0 Å². The maximum atomic E-state index is 8.09.